The van der Waals surface area contributed by atoms with Gasteiger partial charge in [-0.15, -0.1) is 0 Å². The third-order valence-corrected chi connectivity index (χ3v) is 5.11. The quantitative estimate of drug-likeness (QED) is 0.691. The molecule has 1 fully saturated rings. The molecule has 2 amide bonds. The molecule has 0 bridgehead atoms. The van der Waals surface area contributed by atoms with Gasteiger partial charge >= 0.3 is 0 Å². The van der Waals surface area contributed by atoms with E-state index in [1.807, 2.05) is 6.20 Å². The van der Waals surface area contributed by atoms with Crippen LogP contribution in [0, 0.1) is 5.92 Å². The molecule has 1 heterocycles. The van der Waals surface area contributed by atoms with E-state index in [1.54, 1.807) is 0 Å². The topological polar surface area (TPSA) is 74.0 Å². The van der Waals surface area contributed by atoms with Gasteiger partial charge in [-0.2, -0.15) is 0 Å². The lowest BCUT2D eigenvalue weighted by Gasteiger charge is -2.23. The molecule has 3 rings (SSSR count). The van der Waals surface area contributed by atoms with E-state index in [-0.39, 0.29) is 17.7 Å². The molecule has 0 atom stereocenters. The molecule has 25 heavy (non-hydrogen) atoms. The number of carbonyl (C=O) groups is 2. The minimum absolute atomic E-state index is 0.0111. The molecule has 1 aromatic carbocycles. The number of fused-ring (bicyclic) bond motifs is 1. The summed E-state index contributed by atoms with van der Waals surface area (Å²) in [6.45, 7) is 3.19. The summed E-state index contributed by atoms with van der Waals surface area (Å²) in [4.78, 5) is 27.0. The van der Waals surface area contributed by atoms with Gasteiger partial charge in [-0.25, -0.2) is 0 Å². The van der Waals surface area contributed by atoms with Crippen LogP contribution < -0.4 is 10.6 Å². The number of hydrogen-bond acceptors (Lipinski definition) is 2. The molecule has 134 valence electrons. The highest BCUT2D eigenvalue weighted by atomic mass is 16.2. The van der Waals surface area contributed by atoms with Crippen LogP contribution in [0.15, 0.2) is 24.4 Å². The van der Waals surface area contributed by atoms with Gasteiger partial charge < -0.3 is 15.6 Å². The molecule has 0 unspecified atom stereocenters. The van der Waals surface area contributed by atoms with Crippen molar-refractivity contribution in [1.82, 2.24) is 15.6 Å². The Bertz CT molecular complexity index is 746. The fourth-order valence-electron chi connectivity index (χ4n) is 3.32. The minimum atomic E-state index is -0.0111. The molecule has 0 aliphatic heterocycles. The molecule has 2 aromatic rings. The van der Waals surface area contributed by atoms with Crippen LogP contribution in [0.4, 0.5) is 0 Å². The van der Waals surface area contributed by atoms with E-state index >= 15 is 0 Å². The second-order valence-electron chi connectivity index (χ2n) is 6.78. The van der Waals surface area contributed by atoms with Crippen molar-refractivity contribution in [3.05, 3.63) is 35.5 Å². The van der Waals surface area contributed by atoms with Gasteiger partial charge in [-0.05, 0) is 36.8 Å². The van der Waals surface area contributed by atoms with Crippen LogP contribution in [0.5, 0.6) is 0 Å². The van der Waals surface area contributed by atoms with E-state index in [0.717, 1.165) is 32.1 Å². The zero-order valence-corrected chi connectivity index (χ0v) is 14.9. The maximum absolute atomic E-state index is 11.9. The number of rotatable bonds is 8. The zero-order valence-electron chi connectivity index (χ0n) is 14.9. The summed E-state index contributed by atoms with van der Waals surface area (Å²) in [5.41, 5.74) is 3.74. The first-order valence-corrected chi connectivity index (χ1v) is 9.31. The molecule has 0 saturated heterocycles. The first kappa shape index (κ1) is 17.5. The number of para-hydroxylation sites is 1. The molecule has 0 spiro atoms. The van der Waals surface area contributed by atoms with Gasteiger partial charge in [-0.3, -0.25) is 9.59 Å². The predicted molar refractivity (Wildman–Crippen MR) is 99.4 cm³/mol. The van der Waals surface area contributed by atoms with E-state index in [2.05, 4.69) is 40.7 Å². The Morgan fingerprint density at radius 2 is 2.00 bits per heavy atom. The van der Waals surface area contributed by atoms with Crippen molar-refractivity contribution < 1.29 is 9.59 Å². The average molecular weight is 341 g/mol. The fourth-order valence-corrected chi connectivity index (χ4v) is 3.32. The summed E-state index contributed by atoms with van der Waals surface area (Å²) in [5.74, 6) is 0.269. The Morgan fingerprint density at radius 3 is 2.72 bits per heavy atom. The van der Waals surface area contributed by atoms with E-state index < -0.39 is 0 Å². The number of amides is 2. The predicted octanol–water partition coefficient (Wildman–Crippen LogP) is 2.70. The van der Waals surface area contributed by atoms with Crippen LogP contribution in [-0.2, 0) is 22.4 Å². The highest BCUT2D eigenvalue weighted by molar-refractivity contribution is 5.86. The van der Waals surface area contributed by atoms with E-state index in [1.165, 1.54) is 22.0 Å². The van der Waals surface area contributed by atoms with Gasteiger partial charge in [0.25, 0.3) is 0 Å². The second kappa shape index (κ2) is 8.19. The number of aromatic amines is 1. The van der Waals surface area contributed by atoms with E-state index in [9.17, 15) is 9.59 Å². The van der Waals surface area contributed by atoms with Gasteiger partial charge in [0.05, 0.1) is 0 Å². The van der Waals surface area contributed by atoms with Gasteiger partial charge in [-0.1, -0.05) is 31.5 Å². The minimum Gasteiger partial charge on any atom is -0.361 e. The summed E-state index contributed by atoms with van der Waals surface area (Å²) in [7, 11) is 0. The maximum atomic E-state index is 11.9. The normalized spacial score (nSPS) is 14.3. The number of carbonyl (C=O) groups excluding carboxylic acids is 2. The number of hydrogen-bond donors (Lipinski definition) is 3. The molecule has 5 nitrogen and oxygen atoms in total. The van der Waals surface area contributed by atoms with Crippen LogP contribution in [0.25, 0.3) is 10.9 Å². The third kappa shape index (κ3) is 4.21. The van der Waals surface area contributed by atoms with Crippen molar-refractivity contribution in [2.24, 2.45) is 5.92 Å². The SMILES string of the molecule is CCc1cccc2c(CCNC(=O)CCNC(=O)C3CCC3)c[nH]c12. The maximum Gasteiger partial charge on any atom is 0.223 e. The number of aryl methyl sites for hydroxylation is 1. The molecule has 5 heteroatoms. The van der Waals surface area contributed by atoms with Crippen LogP contribution >= 0.6 is 0 Å². The summed E-state index contributed by atoms with van der Waals surface area (Å²) < 4.78 is 0. The Morgan fingerprint density at radius 1 is 1.16 bits per heavy atom. The lowest BCUT2D eigenvalue weighted by molar-refractivity contribution is -0.127. The molecule has 1 aromatic heterocycles. The van der Waals surface area contributed by atoms with E-state index in [4.69, 9.17) is 0 Å². The molecule has 1 aliphatic rings. The van der Waals surface area contributed by atoms with Crippen molar-refractivity contribution in [3.8, 4) is 0 Å². The Labute approximate surface area is 148 Å². The number of aromatic nitrogens is 1. The number of H-pyrrole nitrogens is 1. The van der Waals surface area contributed by atoms with Crippen molar-refractivity contribution in [1.29, 1.82) is 0 Å². The Hall–Kier alpha value is -2.30. The first-order valence-electron chi connectivity index (χ1n) is 9.31. The van der Waals surface area contributed by atoms with Crippen LogP contribution in [0.3, 0.4) is 0 Å². The van der Waals surface area contributed by atoms with Crippen molar-refractivity contribution in [2.75, 3.05) is 13.1 Å². The second-order valence-corrected chi connectivity index (χ2v) is 6.78. The Balaban J connectivity index is 1.40. The first-order chi connectivity index (χ1) is 12.2. The fraction of sp³-hybridized carbons (Fsp3) is 0.500. The summed E-state index contributed by atoms with van der Waals surface area (Å²) in [6, 6.07) is 6.35. The third-order valence-electron chi connectivity index (χ3n) is 5.11. The highest BCUT2D eigenvalue weighted by Gasteiger charge is 2.24. The van der Waals surface area contributed by atoms with Crippen molar-refractivity contribution >= 4 is 22.7 Å². The monoisotopic (exact) mass is 341 g/mol. The van der Waals surface area contributed by atoms with Crippen LogP contribution in [-0.4, -0.2) is 29.9 Å². The molecular formula is C20H27N3O2. The lowest BCUT2D eigenvalue weighted by atomic mass is 9.85. The summed E-state index contributed by atoms with van der Waals surface area (Å²) >= 11 is 0. The standard InChI is InChI=1S/C20H27N3O2/c1-2-14-5-4-8-17-16(13-23-19(14)17)9-11-21-18(24)10-12-22-20(25)15-6-3-7-15/h4-5,8,13,15,23H,2-3,6-7,9-12H2,1H3,(H,21,24)(H,22,25). The molecule has 1 saturated carbocycles. The van der Waals surface area contributed by atoms with Gasteiger partial charge in [0.15, 0.2) is 0 Å². The van der Waals surface area contributed by atoms with Gasteiger partial charge in [0.1, 0.15) is 0 Å². The van der Waals surface area contributed by atoms with E-state index in [0.29, 0.717) is 19.5 Å². The summed E-state index contributed by atoms with van der Waals surface area (Å²) in [6.07, 6.45) is 7.30. The smallest absolute Gasteiger partial charge is 0.223 e. The van der Waals surface area contributed by atoms with Crippen molar-refractivity contribution in [3.63, 3.8) is 0 Å². The lowest BCUT2D eigenvalue weighted by Crippen LogP contribution is -2.37. The average Bonchev–Trinajstić information content (AvgIpc) is 2.96. The Kier molecular flexibility index (Phi) is 5.74. The van der Waals surface area contributed by atoms with Crippen LogP contribution in [0.1, 0.15) is 43.7 Å². The molecule has 0 radical (unpaired) electrons. The number of nitrogens with one attached hydrogen (secondary N) is 3. The molecular weight excluding hydrogens is 314 g/mol. The largest absolute Gasteiger partial charge is 0.361 e. The number of benzene rings is 1. The highest BCUT2D eigenvalue weighted by Crippen LogP contribution is 2.26. The summed E-state index contributed by atoms with van der Waals surface area (Å²) in [5, 5.41) is 7.03. The molecule has 3 N–H and O–H groups in total. The van der Waals surface area contributed by atoms with Gasteiger partial charge in [0.2, 0.25) is 11.8 Å². The molecule has 1 aliphatic carbocycles. The van der Waals surface area contributed by atoms with Gasteiger partial charge in [0, 0.05) is 42.5 Å². The van der Waals surface area contributed by atoms with Crippen LogP contribution in [0.2, 0.25) is 0 Å². The van der Waals surface area contributed by atoms with Crippen molar-refractivity contribution in [2.45, 2.75) is 45.4 Å². The zero-order chi connectivity index (χ0) is 17.6.